The first-order valence-corrected chi connectivity index (χ1v) is 5.64. The zero-order valence-corrected chi connectivity index (χ0v) is 9.77. The Hall–Kier alpha value is -1.55. The summed E-state index contributed by atoms with van der Waals surface area (Å²) in [5, 5.41) is 0.810. The number of halogens is 1. The average molecular weight is 235 g/mol. The zero-order valence-electron chi connectivity index (χ0n) is 8.95. The molecule has 16 heavy (non-hydrogen) atoms. The molecule has 0 saturated heterocycles. The topological polar surface area (TPSA) is 30.0 Å². The van der Waals surface area contributed by atoms with Crippen molar-refractivity contribution in [3.8, 4) is 10.4 Å². The van der Waals surface area contributed by atoms with E-state index in [1.54, 1.807) is 12.1 Å². The van der Waals surface area contributed by atoms with Gasteiger partial charge in [0.1, 0.15) is 11.5 Å². The van der Waals surface area contributed by atoms with Gasteiger partial charge in [-0.2, -0.15) is 0 Å². The van der Waals surface area contributed by atoms with Gasteiger partial charge in [0.2, 0.25) is 0 Å². The van der Waals surface area contributed by atoms with Gasteiger partial charge in [-0.05, 0) is 24.6 Å². The van der Waals surface area contributed by atoms with E-state index < -0.39 is 0 Å². The van der Waals surface area contributed by atoms with Crippen LogP contribution in [-0.4, -0.2) is 10.8 Å². The van der Waals surface area contributed by atoms with E-state index in [0.29, 0.717) is 11.3 Å². The molecule has 0 N–H and O–H groups in total. The normalized spacial score (nSPS) is 10.4. The number of carbonyl (C=O) groups is 1. The molecule has 0 aliphatic carbocycles. The maximum atomic E-state index is 13.1. The largest absolute Gasteiger partial charge is 0.293 e. The van der Waals surface area contributed by atoms with Gasteiger partial charge in [0.15, 0.2) is 5.78 Å². The Morgan fingerprint density at radius 1 is 1.44 bits per heavy atom. The van der Waals surface area contributed by atoms with Gasteiger partial charge in [-0.15, -0.1) is 11.3 Å². The van der Waals surface area contributed by atoms with Gasteiger partial charge in [-0.25, -0.2) is 9.37 Å². The summed E-state index contributed by atoms with van der Waals surface area (Å²) in [5.74, 6) is -0.401. The van der Waals surface area contributed by atoms with Crippen molar-refractivity contribution in [2.75, 3.05) is 0 Å². The van der Waals surface area contributed by atoms with Crippen LogP contribution < -0.4 is 0 Å². The van der Waals surface area contributed by atoms with Crippen LogP contribution in [0.25, 0.3) is 10.4 Å². The number of hydrogen-bond acceptors (Lipinski definition) is 3. The molecule has 0 saturated carbocycles. The van der Waals surface area contributed by atoms with E-state index in [1.165, 1.54) is 30.4 Å². The Morgan fingerprint density at radius 3 is 2.81 bits per heavy atom. The van der Waals surface area contributed by atoms with Gasteiger partial charge in [0.25, 0.3) is 0 Å². The second-order valence-electron chi connectivity index (χ2n) is 3.48. The molecule has 0 spiro atoms. The lowest BCUT2D eigenvalue weighted by Crippen LogP contribution is -1.95. The first-order chi connectivity index (χ1) is 7.58. The van der Waals surface area contributed by atoms with Crippen LogP contribution in [0.2, 0.25) is 0 Å². The number of carbonyl (C=O) groups excluding carboxylic acids is 1. The van der Waals surface area contributed by atoms with Crippen LogP contribution >= 0.6 is 11.3 Å². The molecular weight excluding hydrogens is 225 g/mol. The van der Waals surface area contributed by atoms with Crippen molar-refractivity contribution in [3.05, 3.63) is 40.8 Å². The Kier molecular flexibility index (Phi) is 2.83. The summed E-state index contributed by atoms with van der Waals surface area (Å²) in [5.41, 5.74) is 1.13. The number of benzene rings is 1. The molecule has 1 aromatic heterocycles. The third-order valence-corrected chi connectivity index (χ3v) is 3.17. The summed E-state index contributed by atoms with van der Waals surface area (Å²) >= 11 is 1.41. The van der Waals surface area contributed by atoms with Gasteiger partial charge in [0.05, 0.1) is 9.88 Å². The maximum absolute atomic E-state index is 13.1. The van der Waals surface area contributed by atoms with Gasteiger partial charge in [0, 0.05) is 6.92 Å². The van der Waals surface area contributed by atoms with Gasteiger partial charge >= 0.3 is 0 Å². The molecule has 0 radical (unpaired) electrons. The molecule has 0 atom stereocenters. The third-order valence-electron chi connectivity index (χ3n) is 2.15. The van der Waals surface area contributed by atoms with Crippen LogP contribution in [0, 0.1) is 12.7 Å². The Labute approximate surface area is 96.8 Å². The maximum Gasteiger partial charge on any atom is 0.179 e. The minimum absolute atomic E-state index is 0.0939. The summed E-state index contributed by atoms with van der Waals surface area (Å²) in [7, 11) is 0. The summed E-state index contributed by atoms with van der Waals surface area (Å²) in [4.78, 5) is 16.3. The number of Topliss-reactive ketones (excluding diaryl/α,β-unsaturated/α-hetero) is 1. The van der Waals surface area contributed by atoms with Crippen LogP contribution in [-0.2, 0) is 0 Å². The lowest BCUT2D eigenvalue weighted by atomic mass is 10.1. The van der Waals surface area contributed by atoms with Crippen molar-refractivity contribution in [3.63, 3.8) is 0 Å². The highest BCUT2D eigenvalue weighted by Crippen LogP contribution is 2.30. The number of hydrogen-bond donors (Lipinski definition) is 0. The first kappa shape index (κ1) is 11.0. The number of aromatic nitrogens is 1. The summed E-state index contributed by atoms with van der Waals surface area (Å²) in [6.45, 7) is 3.30. The SMILES string of the molecule is CC(=O)c1nc(C)sc1-c1cccc(F)c1. The molecule has 0 fully saturated rings. The molecule has 0 amide bonds. The number of rotatable bonds is 2. The fraction of sp³-hybridized carbons (Fsp3) is 0.167. The Morgan fingerprint density at radius 2 is 2.19 bits per heavy atom. The van der Waals surface area contributed by atoms with Crippen LogP contribution in [0.5, 0.6) is 0 Å². The van der Waals surface area contributed by atoms with Gasteiger partial charge < -0.3 is 0 Å². The van der Waals surface area contributed by atoms with Crippen molar-refractivity contribution < 1.29 is 9.18 Å². The standard InChI is InChI=1S/C12H10FNOS/c1-7(15)11-12(16-8(2)14-11)9-4-3-5-10(13)6-9/h3-6H,1-2H3. The summed E-state index contributed by atoms with van der Waals surface area (Å²) in [6.07, 6.45) is 0. The van der Waals surface area contributed by atoms with E-state index in [0.717, 1.165) is 9.88 Å². The molecule has 2 aromatic rings. The fourth-order valence-corrected chi connectivity index (χ4v) is 2.45. The predicted octanol–water partition coefficient (Wildman–Crippen LogP) is 3.46. The number of thiazole rings is 1. The minimum Gasteiger partial charge on any atom is -0.293 e. The van der Waals surface area contributed by atoms with Crippen LogP contribution in [0.1, 0.15) is 22.4 Å². The second-order valence-corrected chi connectivity index (χ2v) is 4.68. The van der Waals surface area contributed by atoms with Crippen LogP contribution in [0.3, 0.4) is 0 Å². The quantitative estimate of drug-likeness (QED) is 0.746. The van der Waals surface area contributed by atoms with E-state index >= 15 is 0 Å². The van der Waals surface area contributed by atoms with E-state index in [-0.39, 0.29) is 11.6 Å². The molecule has 2 rings (SSSR count). The zero-order chi connectivity index (χ0) is 11.7. The van der Waals surface area contributed by atoms with Crippen molar-refractivity contribution >= 4 is 17.1 Å². The third kappa shape index (κ3) is 2.02. The lowest BCUT2D eigenvalue weighted by Gasteiger charge is -1.99. The molecule has 82 valence electrons. The Bertz CT molecular complexity index is 548. The van der Waals surface area contributed by atoms with E-state index in [1.807, 2.05) is 6.92 Å². The van der Waals surface area contributed by atoms with Gasteiger partial charge in [-0.1, -0.05) is 12.1 Å². The number of nitrogens with zero attached hydrogens (tertiary/aromatic N) is 1. The summed E-state index contributed by atoms with van der Waals surface area (Å²) in [6, 6.07) is 6.20. The minimum atomic E-state index is -0.307. The number of aryl methyl sites for hydroxylation is 1. The van der Waals surface area contributed by atoms with Crippen molar-refractivity contribution in [2.45, 2.75) is 13.8 Å². The van der Waals surface area contributed by atoms with Crippen LogP contribution in [0.15, 0.2) is 24.3 Å². The van der Waals surface area contributed by atoms with E-state index in [2.05, 4.69) is 4.98 Å². The predicted molar refractivity (Wildman–Crippen MR) is 62.2 cm³/mol. The molecule has 4 heteroatoms. The van der Waals surface area contributed by atoms with Gasteiger partial charge in [-0.3, -0.25) is 4.79 Å². The van der Waals surface area contributed by atoms with Crippen molar-refractivity contribution in [2.24, 2.45) is 0 Å². The van der Waals surface area contributed by atoms with Crippen LogP contribution in [0.4, 0.5) is 4.39 Å². The average Bonchev–Trinajstić information content (AvgIpc) is 2.60. The molecule has 0 aliphatic rings. The van der Waals surface area contributed by atoms with E-state index in [4.69, 9.17) is 0 Å². The highest BCUT2D eigenvalue weighted by molar-refractivity contribution is 7.15. The monoisotopic (exact) mass is 235 g/mol. The second kappa shape index (κ2) is 4.14. The summed E-state index contributed by atoms with van der Waals surface area (Å²) < 4.78 is 13.1. The highest BCUT2D eigenvalue weighted by Gasteiger charge is 2.14. The molecule has 1 heterocycles. The van der Waals surface area contributed by atoms with Crippen molar-refractivity contribution in [1.29, 1.82) is 0 Å². The molecule has 0 aliphatic heterocycles. The van der Waals surface area contributed by atoms with E-state index in [9.17, 15) is 9.18 Å². The smallest absolute Gasteiger partial charge is 0.179 e. The fourth-order valence-electron chi connectivity index (χ4n) is 1.49. The molecule has 2 nitrogen and oxygen atoms in total. The molecule has 0 bridgehead atoms. The molecule has 0 unspecified atom stereocenters. The lowest BCUT2D eigenvalue weighted by molar-refractivity contribution is 0.101. The molecular formula is C12H10FNOS. The highest BCUT2D eigenvalue weighted by atomic mass is 32.1. The Balaban J connectivity index is 2.59. The first-order valence-electron chi connectivity index (χ1n) is 4.82. The number of ketones is 1. The van der Waals surface area contributed by atoms with Crippen molar-refractivity contribution in [1.82, 2.24) is 4.98 Å². The molecule has 1 aromatic carbocycles.